The monoisotopic (exact) mass is 275 g/mol. The molecule has 0 aromatic carbocycles. The highest BCUT2D eigenvalue weighted by molar-refractivity contribution is 6.29. The lowest BCUT2D eigenvalue weighted by Gasteiger charge is -2.27. The zero-order valence-corrected chi connectivity index (χ0v) is 10.8. The number of carbonyl (C=O) groups is 2. The van der Waals surface area contributed by atoms with Gasteiger partial charge < -0.3 is 19.6 Å². The van der Waals surface area contributed by atoms with Crippen molar-refractivity contribution in [3.05, 3.63) is 23.1 Å². The standard InChI is InChI=1S/C11H14ClNO5/c1-11(6-17-2,5-9(14)15)13-10(16)7-3-4-8(12)18-7/h3-4H,5-6H2,1-2H3,(H,13,16)(H,14,15). The van der Waals surface area contributed by atoms with Gasteiger partial charge in [-0.3, -0.25) is 9.59 Å². The molecule has 0 aliphatic carbocycles. The molecule has 1 atom stereocenters. The highest BCUT2D eigenvalue weighted by atomic mass is 35.5. The molecule has 1 unspecified atom stereocenters. The van der Waals surface area contributed by atoms with Crippen LogP contribution in [0, 0.1) is 0 Å². The molecule has 1 rings (SSSR count). The molecule has 1 aromatic heterocycles. The molecule has 18 heavy (non-hydrogen) atoms. The third-order valence-corrected chi connectivity index (χ3v) is 2.42. The van der Waals surface area contributed by atoms with Gasteiger partial charge in [-0.1, -0.05) is 0 Å². The van der Waals surface area contributed by atoms with Crippen LogP contribution >= 0.6 is 11.6 Å². The minimum atomic E-state index is -1.03. The number of aliphatic carboxylic acids is 1. The molecule has 1 heterocycles. The Morgan fingerprint density at radius 3 is 2.67 bits per heavy atom. The van der Waals surface area contributed by atoms with Gasteiger partial charge in [0.05, 0.1) is 18.6 Å². The van der Waals surface area contributed by atoms with Gasteiger partial charge in [-0.25, -0.2) is 0 Å². The number of rotatable bonds is 6. The largest absolute Gasteiger partial charge is 0.481 e. The number of carboxylic acids is 1. The molecule has 0 bridgehead atoms. The summed E-state index contributed by atoms with van der Waals surface area (Å²) in [5.41, 5.74) is -1.02. The van der Waals surface area contributed by atoms with Gasteiger partial charge in [0.1, 0.15) is 0 Å². The van der Waals surface area contributed by atoms with Crippen molar-refractivity contribution in [2.45, 2.75) is 18.9 Å². The third-order valence-electron chi connectivity index (χ3n) is 2.22. The summed E-state index contributed by atoms with van der Waals surface area (Å²) in [6.45, 7) is 1.65. The number of carbonyl (C=O) groups excluding carboxylic acids is 1. The van der Waals surface area contributed by atoms with E-state index in [1.807, 2.05) is 0 Å². The molecule has 7 heteroatoms. The maximum absolute atomic E-state index is 11.8. The Kier molecular flexibility index (Phi) is 4.75. The molecule has 1 amide bonds. The van der Waals surface area contributed by atoms with Crippen molar-refractivity contribution in [1.29, 1.82) is 0 Å². The highest BCUT2D eigenvalue weighted by Gasteiger charge is 2.30. The van der Waals surface area contributed by atoms with E-state index in [0.29, 0.717) is 0 Å². The van der Waals surface area contributed by atoms with Gasteiger partial charge in [0.25, 0.3) is 5.91 Å². The predicted molar refractivity (Wildman–Crippen MR) is 63.7 cm³/mol. The van der Waals surface area contributed by atoms with Gasteiger partial charge in [0, 0.05) is 7.11 Å². The molecular formula is C11H14ClNO5. The Balaban J connectivity index is 2.77. The van der Waals surface area contributed by atoms with Crippen molar-refractivity contribution in [1.82, 2.24) is 5.32 Å². The zero-order chi connectivity index (χ0) is 13.8. The summed E-state index contributed by atoms with van der Waals surface area (Å²) in [6.07, 6.45) is -0.263. The number of carboxylic acid groups (broad SMARTS) is 1. The summed E-state index contributed by atoms with van der Waals surface area (Å²) >= 11 is 5.56. The minimum absolute atomic E-state index is 0.0210. The molecule has 2 N–H and O–H groups in total. The van der Waals surface area contributed by atoms with Crippen molar-refractivity contribution in [2.24, 2.45) is 0 Å². The van der Waals surface area contributed by atoms with Gasteiger partial charge >= 0.3 is 5.97 Å². The van der Waals surface area contributed by atoms with Crippen LogP contribution in [0.2, 0.25) is 5.22 Å². The second-order valence-corrected chi connectivity index (χ2v) is 4.49. The van der Waals surface area contributed by atoms with Crippen molar-refractivity contribution in [3.8, 4) is 0 Å². The summed E-state index contributed by atoms with van der Waals surface area (Å²) in [5, 5.41) is 11.5. The number of amides is 1. The molecule has 6 nitrogen and oxygen atoms in total. The molecule has 100 valence electrons. The van der Waals surface area contributed by atoms with Crippen LogP contribution in [-0.4, -0.2) is 36.2 Å². The van der Waals surface area contributed by atoms with Gasteiger partial charge in [-0.15, -0.1) is 0 Å². The summed E-state index contributed by atoms with van der Waals surface area (Å²) in [5.74, 6) is -1.55. The molecule has 0 saturated carbocycles. The summed E-state index contributed by atoms with van der Waals surface area (Å²) in [4.78, 5) is 22.6. The van der Waals surface area contributed by atoms with Crippen LogP contribution in [-0.2, 0) is 9.53 Å². The molecule has 0 spiro atoms. The Morgan fingerprint density at radius 1 is 1.56 bits per heavy atom. The van der Waals surface area contributed by atoms with Crippen LogP contribution in [0.3, 0.4) is 0 Å². The second kappa shape index (κ2) is 5.88. The van der Waals surface area contributed by atoms with Gasteiger partial charge in [-0.05, 0) is 30.7 Å². The lowest BCUT2D eigenvalue weighted by atomic mass is 9.99. The van der Waals surface area contributed by atoms with E-state index in [9.17, 15) is 9.59 Å². The Bertz CT molecular complexity index is 444. The van der Waals surface area contributed by atoms with Crippen LogP contribution in [0.4, 0.5) is 0 Å². The number of methoxy groups -OCH3 is 1. The summed E-state index contributed by atoms with van der Waals surface area (Å²) in [6, 6.07) is 2.84. The molecule has 1 aromatic rings. The predicted octanol–water partition coefficient (Wildman–Crippen LogP) is 1.54. The van der Waals surface area contributed by atoms with Gasteiger partial charge in [-0.2, -0.15) is 0 Å². The van der Waals surface area contributed by atoms with E-state index >= 15 is 0 Å². The average molecular weight is 276 g/mol. The number of nitrogens with one attached hydrogen (secondary N) is 1. The lowest BCUT2D eigenvalue weighted by molar-refractivity contribution is -0.139. The smallest absolute Gasteiger partial charge is 0.305 e. The van der Waals surface area contributed by atoms with E-state index in [4.69, 9.17) is 25.9 Å². The first-order valence-corrected chi connectivity index (χ1v) is 5.53. The van der Waals surface area contributed by atoms with Gasteiger partial charge in [0.15, 0.2) is 11.0 Å². The molecule has 0 fully saturated rings. The quantitative estimate of drug-likeness (QED) is 0.822. The van der Waals surface area contributed by atoms with Crippen LogP contribution in [0.15, 0.2) is 16.5 Å². The Morgan fingerprint density at radius 2 is 2.22 bits per heavy atom. The van der Waals surface area contributed by atoms with Crippen molar-refractivity contribution >= 4 is 23.5 Å². The molecule has 0 radical (unpaired) electrons. The van der Waals surface area contributed by atoms with Crippen LogP contribution in [0.25, 0.3) is 0 Å². The van der Waals surface area contributed by atoms with Crippen molar-refractivity contribution in [2.75, 3.05) is 13.7 Å². The van der Waals surface area contributed by atoms with E-state index in [2.05, 4.69) is 5.32 Å². The van der Waals surface area contributed by atoms with Crippen LogP contribution in [0.1, 0.15) is 23.9 Å². The van der Waals surface area contributed by atoms with E-state index in [1.54, 1.807) is 6.92 Å². The zero-order valence-electron chi connectivity index (χ0n) is 10.0. The fourth-order valence-electron chi connectivity index (χ4n) is 1.56. The van der Waals surface area contributed by atoms with Crippen LogP contribution < -0.4 is 5.32 Å². The van der Waals surface area contributed by atoms with E-state index in [0.717, 1.165) is 0 Å². The number of ether oxygens (including phenoxy) is 1. The molecule has 0 saturated heterocycles. The van der Waals surface area contributed by atoms with Crippen molar-refractivity contribution < 1.29 is 23.8 Å². The maximum atomic E-state index is 11.8. The number of furan rings is 1. The third kappa shape index (κ3) is 4.05. The van der Waals surface area contributed by atoms with E-state index in [-0.39, 0.29) is 24.0 Å². The SMILES string of the molecule is COCC(C)(CC(=O)O)NC(=O)c1ccc(Cl)o1. The maximum Gasteiger partial charge on any atom is 0.305 e. The summed E-state index contributed by atoms with van der Waals surface area (Å²) in [7, 11) is 1.43. The minimum Gasteiger partial charge on any atom is -0.481 e. The van der Waals surface area contributed by atoms with E-state index < -0.39 is 17.4 Å². The van der Waals surface area contributed by atoms with Gasteiger partial charge in [0.2, 0.25) is 0 Å². The fourth-order valence-corrected chi connectivity index (χ4v) is 1.70. The van der Waals surface area contributed by atoms with Crippen molar-refractivity contribution in [3.63, 3.8) is 0 Å². The second-order valence-electron chi connectivity index (χ2n) is 4.12. The fraction of sp³-hybridized carbons (Fsp3) is 0.455. The van der Waals surface area contributed by atoms with E-state index in [1.165, 1.54) is 19.2 Å². The molecular weight excluding hydrogens is 262 g/mol. The first-order valence-electron chi connectivity index (χ1n) is 5.15. The molecule has 0 aliphatic heterocycles. The lowest BCUT2D eigenvalue weighted by Crippen LogP contribution is -2.50. The number of halogens is 1. The summed E-state index contributed by atoms with van der Waals surface area (Å²) < 4.78 is 9.85. The van der Waals surface area contributed by atoms with Crippen LogP contribution in [0.5, 0.6) is 0 Å². The Labute approximate surface area is 109 Å². The number of hydrogen-bond donors (Lipinski definition) is 2. The first kappa shape index (κ1) is 14.5. The topological polar surface area (TPSA) is 88.8 Å². The highest BCUT2D eigenvalue weighted by Crippen LogP contribution is 2.16. The first-order chi connectivity index (χ1) is 8.36. The molecule has 0 aliphatic rings. The Hall–Kier alpha value is -1.53. The number of hydrogen-bond acceptors (Lipinski definition) is 4. The normalized spacial score (nSPS) is 13.9. The average Bonchev–Trinajstić information content (AvgIpc) is 2.63.